The van der Waals surface area contributed by atoms with Crippen molar-refractivity contribution in [3.8, 4) is 11.5 Å². The minimum Gasteiger partial charge on any atom is -0.454 e. The molecular formula is C19H20N2O3. The van der Waals surface area contributed by atoms with Crippen molar-refractivity contribution in [2.45, 2.75) is 19.4 Å². The number of ether oxygens (including phenoxy) is 2. The molecule has 0 radical (unpaired) electrons. The SMILES string of the molecule is C[C@H](NC(=O)CN1CCc2ccccc21)c1ccc2c(c1)OCO2. The lowest BCUT2D eigenvalue weighted by Crippen LogP contribution is -2.37. The quantitative estimate of drug-likeness (QED) is 0.939. The number of hydrogen-bond acceptors (Lipinski definition) is 4. The first-order valence-electron chi connectivity index (χ1n) is 8.22. The Morgan fingerprint density at radius 3 is 2.96 bits per heavy atom. The van der Waals surface area contributed by atoms with E-state index < -0.39 is 0 Å². The van der Waals surface area contributed by atoms with Crippen LogP contribution >= 0.6 is 0 Å². The maximum Gasteiger partial charge on any atom is 0.239 e. The second-order valence-corrected chi connectivity index (χ2v) is 6.20. The standard InChI is InChI=1S/C19H20N2O3/c1-13(15-6-7-17-18(10-15)24-12-23-17)20-19(22)11-21-9-8-14-4-2-3-5-16(14)21/h2-7,10,13H,8-9,11-12H2,1H3,(H,20,22)/t13-/m0/s1. The van der Waals surface area contributed by atoms with Crippen molar-refractivity contribution >= 4 is 11.6 Å². The fourth-order valence-electron chi connectivity index (χ4n) is 3.30. The second-order valence-electron chi connectivity index (χ2n) is 6.20. The highest BCUT2D eigenvalue weighted by atomic mass is 16.7. The van der Waals surface area contributed by atoms with E-state index in [1.165, 1.54) is 11.3 Å². The van der Waals surface area contributed by atoms with Crippen LogP contribution in [0.25, 0.3) is 0 Å². The molecule has 0 unspecified atom stereocenters. The molecule has 2 heterocycles. The molecule has 0 saturated heterocycles. The second kappa shape index (κ2) is 6.07. The Labute approximate surface area is 141 Å². The largest absolute Gasteiger partial charge is 0.454 e. The van der Waals surface area contributed by atoms with Crippen LogP contribution in [-0.4, -0.2) is 25.8 Å². The predicted molar refractivity (Wildman–Crippen MR) is 91.5 cm³/mol. The van der Waals surface area contributed by atoms with Gasteiger partial charge in [0.15, 0.2) is 11.5 Å². The van der Waals surface area contributed by atoms with E-state index in [2.05, 4.69) is 22.3 Å². The van der Waals surface area contributed by atoms with E-state index in [4.69, 9.17) is 9.47 Å². The highest BCUT2D eigenvalue weighted by Crippen LogP contribution is 2.34. The third-order valence-electron chi connectivity index (χ3n) is 4.59. The summed E-state index contributed by atoms with van der Waals surface area (Å²) in [6, 6.07) is 14.0. The fourth-order valence-corrected chi connectivity index (χ4v) is 3.30. The Morgan fingerprint density at radius 2 is 2.04 bits per heavy atom. The normalized spacial score (nSPS) is 16.0. The van der Waals surface area contributed by atoms with E-state index >= 15 is 0 Å². The molecule has 0 bridgehead atoms. The van der Waals surface area contributed by atoms with Gasteiger partial charge >= 0.3 is 0 Å². The molecule has 0 saturated carbocycles. The predicted octanol–water partition coefficient (Wildman–Crippen LogP) is 2.66. The number of nitrogens with one attached hydrogen (secondary N) is 1. The summed E-state index contributed by atoms with van der Waals surface area (Å²) in [7, 11) is 0. The van der Waals surface area contributed by atoms with Crippen molar-refractivity contribution < 1.29 is 14.3 Å². The van der Waals surface area contributed by atoms with Crippen molar-refractivity contribution in [1.29, 1.82) is 0 Å². The Bertz CT molecular complexity index is 775. The molecule has 0 aliphatic carbocycles. The van der Waals surface area contributed by atoms with Crippen LogP contribution in [0.3, 0.4) is 0 Å². The van der Waals surface area contributed by atoms with E-state index in [1.54, 1.807) is 0 Å². The lowest BCUT2D eigenvalue weighted by molar-refractivity contribution is -0.120. The Kier molecular flexibility index (Phi) is 3.76. The van der Waals surface area contributed by atoms with Crippen molar-refractivity contribution in [3.63, 3.8) is 0 Å². The zero-order chi connectivity index (χ0) is 16.5. The maximum atomic E-state index is 12.4. The number of amides is 1. The average Bonchev–Trinajstić information content (AvgIpc) is 3.21. The minimum atomic E-state index is -0.0788. The highest BCUT2D eigenvalue weighted by Gasteiger charge is 2.22. The molecule has 1 N–H and O–H groups in total. The number of anilines is 1. The number of nitrogens with zero attached hydrogens (tertiary/aromatic N) is 1. The first-order valence-corrected chi connectivity index (χ1v) is 8.22. The van der Waals surface area contributed by atoms with E-state index in [0.29, 0.717) is 6.54 Å². The molecule has 0 aromatic heterocycles. The van der Waals surface area contributed by atoms with Crippen LogP contribution in [0.15, 0.2) is 42.5 Å². The summed E-state index contributed by atoms with van der Waals surface area (Å²) in [5.74, 6) is 1.52. The van der Waals surface area contributed by atoms with Crippen LogP contribution in [0.4, 0.5) is 5.69 Å². The van der Waals surface area contributed by atoms with Crippen LogP contribution in [0.1, 0.15) is 24.1 Å². The summed E-state index contributed by atoms with van der Waals surface area (Å²) in [6.45, 7) is 3.51. The smallest absolute Gasteiger partial charge is 0.239 e. The molecule has 5 nitrogen and oxygen atoms in total. The number of fused-ring (bicyclic) bond motifs is 2. The van der Waals surface area contributed by atoms with Gasteiger partial charge in [0, 0.05) is 12.2 Å². The average molecular weight is 324 g/mol. The van der Waals surface area contributed by atoms with Gasteiger partial charge in [0.1, 0.15) is 0 Å². The Balaban J connectivity index is 1.39. The Morgan fingerprint density at radius 1 is 1.21 bits per heavy atom. The molecule has 5 heteroatoms. The summed E-state index contributed by atoms with van der Waals surface area (Å²) in [5, 5.41) is 3.07. The molecule has 2 aliphatic rings. The number of rotatable bonds is 4. The highest BCUT2D eigenvalue weighted by molar-refractivity contribution is 5.82. The molecular weight excluding hydrogens is 304 g/mol. The van der Waals surface area contributed by atoms with Gasteiger partial charge in [-0.05, 0) is 42.7 Å². The number of benzene rings is 2. The third kappa shape index (κ3) is 2.77. The van der Waals surface area contributed by atoms with E-state index in [9.17, 15) is 4.79 Å². The fraction of sp³-hybridized carbons (Fsp3) is 0.316. The number of carbonyl (C=O) groups is 1. The lowest BCUT2D eigenvalue weighted by atomic mass is 10.1. The van der Waals surface area contributed by atoms with Gasteiger partial charge in [-0.15, -0.1) is 0 Å². The molecule has 2 aliphatic heterocycles. The van der Waals surface area contributed by atoms with Crippen molar-refractivity contribution in [3.05, 3.63) is 53.6 Å². The van der Waals surface area contributed by atoms with Crippen molar-refractivity contribution in [1.82, 2.24) is 5.32 Å². The molecule has 0 spiro atoms. The van der Waals surface area contributed by atoms with Crippen molar-refractivity contribution in [2.24, 2.45) is 0 Å². The van der Waals surface area contributed by atoms with Crippen LogP contribution in [0.5, 0.6) is 11.5 Å². The van der Waals surface area contributed by atoms with E-state index in [1.807, 2.05) is 37.3 Å². The third-order valence-corrected chi connectivity index (χ3v) is 4.59. The van der Waals surface area contributed by atoms with Gasteiger partial charge in [-0.1, -0.05) is 24.3 Å². The first kappa shape index (κ1) is 14.9. The van der Waals surface area contributed by atoms with Gasteiger partial charge in [0.2, 0.25) is 12.7 Å². The number of carbonyl (C=O) groups excluding carboxylic acids is 1. The number of para-hydroxylation sites is 1. The molecule has 0 fully saturated rings. The summed E-state index contributed by atoms with van der Waals surface area (Å²) in [5.41, 5.74) is 3.49. The van der Waals surface area contributed by atoms with Gasteiger partial charge in [0.25, 0.3) is 0 Å². The Hall–Kier alpha value is -2.69. The summed E-state index contributed by atoms with van der Waals surface area (Å²) >= 11 is 0. The molecule has 1 amide bonds. The van der Waals surface area contributed by atoms with E-state index in [-0.39, 0.29) is 18.7 Å². The topological polar surface area (TPSA) is 50.8 Å². The maximum absolute atomic E-state index is 12.4. The van der Waals surface area contributed by atoms with Gasteiger partial charge in [0.05, 0.1) is 12.6 Å². The number of hydrogen-bond donors (Lipinski definition) is 1. The van der Waals surface area contributed by atoms with E-state index in [0.717, 1.165) is 30.0 Å². The molecule has 2 aromatic carbocycles. The zero-order valence-electron chi connectivity index (χ0n) is 13.6. The summed E-state index contributed by atoms with van der Waals surface area (Å²) in [6.07, 6.45) is 1.00. The first-order chi connectivity index (χ1) is 11.7. The minimum absolute atomic E-state index is 0.0249. The molecule has 4 rings (SSSR count). The van der Waals surface area contributed by atoms with Gasteiger partial charge in [-0.3, -0.25) is 4.79 Å². The summed E-state index contributed by atoms with van der Waals surface area (Å²) < 4.78 is 10.7. The lowest BCUT2D eigenvalue weighted by Gasteiger charge is -2.21. The van der Waals surface area contributed by atoms with Crippen LogP contribution < -0.4 is 19.7 Å². The zero-order valence-corrected chi connectivity index (χ0v) is 13.6. The molecule has 24 heavy (non-hydrogen) atoms. The molecule has 1 atom stereocenters. The monoisotopic (exact) mass is 324 g/mol. The van der Waals surface area contributed by atoms with Crippen LogP contribution in [0, 0.1) is 0 Å². The van der Waals surface area contributed by atoms with Gasteiger partial charge in [-0.25, -0.2) is 0 Å². The van der Waals surface area contributed by atoms with Crippen molar-refractivity contribution in [2.75, 3.05) is 24.8 Å². The van der Waals surface area contributed by atoms with Gasteiger partial charge < -0.3 is 19.7 Å². The summed E-state index contributed by atoms with van der Waals surface area (Å²) in [4.78, 5) is 14.6. The van der Waals surface area contributed by atoms with Gasteiger partial charge in [-0.2, -0.15) is 0 Å². The molecule has 2 aromatic rings. The van der Waals surface area contributed by atoms with Crippen LogP contribution in [0.2, 0.25) is 0 Å². The molecule has 124 valence electrons. The van der Waals surface area contributed by atoms with Crippen LogP contribution in [-0.2, 0) is 11.2 Å².